The van der Waals surface area contributed by atoms with Gasteiger partial charge in [0.25, 0.3) is 5.97 Å². The molecule has 0 radical (unpaired) electrons. The maximum Gasteiger partial charge on any atom is 0.296 e. The van der Waals surface area contributed by atoms with Crippen LogP contribution in [0.1, 0.15) is 33.1 Å². The normalized spacial score (nSPS) is 25.2. The van der Waals surface area contributed by atoms with Crippen LogP contribution in [0.5, 0.6) is 0 Å². The molecular weight excluding hydrogens is 196 g/mol. The van der Waals surface area contributed by atoms with E-state index < -0.39 is 11.5 Å². The van der Waals surface area contributed by atoms with Crippen LogP contribution in [0.4, 0.5) is 0 Å². The second-order valence-electron chi connectivity index (χ2n) is 4.45. The third-order valence-electron chi connectivity index (χ3n) is 3.64. The Morgan fingerprint density at radius 3 is 2.07 bits per heavy atom. The second kappa shape index (κ2) is 4.35. The minimum atomic E-state index is -2.83. The Morgan fingerprint density at radius 1 is 1.27 bits per heavy atom. The van der Waals surface area contributed by atoms with E-state index in [4.69, 9.17) is 5.73 Å². The molecule has 1 fully saturated rings. The summed E-state index contributed by atoms with van der Waals surface area (Å²) in [7, 11) is 0. The fourth-order valence-electron chi connectivity index (χ4n) is 2.27. The Morgan fingerprint density at radius 2 is 1.73 bits per heavy atom. The Labute approximate surface area is 90.5 Å². The summed E-state index contributed by atoms with van der Waals surface area (Å²) in [6.45, 7) is 5.36. The van der Waals surface area contributed by atoms with Gasteiger partial charge >= 0.3 is 0 Å². The zero-order valence-corrected chi connectivity index (χ0v) is 9.48. The van der Waals surface area contributed by atoms with Gasteiger partial charge in [0, 0.05) is 6.04 Å². The van der Waals surface area contributed by atoms with E-state index >= 15 is 0 Å². The van der Waals surface area contributed by atoms with Gasteiger partial charge in [-0.3, -0.25) is 4.90 Å². The molecular formula is C10H22N2O3. The van der Waals surface area contributed by atoms with Gasteiger partial charge in [0.2, 0.25) is 0 Å². The summed E-state index contributed by atoms with van der Waals surface area (Å²) < 4.78 is 0. The Hall–Kier alpha value is -0.200. The molecule has 90 valence electrons. The van der Waals surface area contributed by atoms with Crippen LogP contribution in [-0.4, -0.2) is 50.9 Å². The molecule has 0 aromatic carbocycles. The van der Waals surface area contributed by atoms with Crippen molar-refractivity contribution in [2.75, 3.05) is 13.1 Å². The molecule has 0 bridgehead atoms. The Bertz CT molecular complexity index is 211. The number of rotatable bonds is 4. The number of nitrogens with zero attached hydrogens (tertiary/aromatic N) is 1. The molecule has 1 aliphatic rings. The fraction of sp³-hybridized carbons (Fsp3) is 1.00. The van der Waals surface area contributed by atoms with Gasteiger partial charge in [-0.05, 0) is 39.3 Å². The van der Waals surface area contributed by atoms with Crippen molar-refractivity contribution in [1.29, 1.82) is 0 Å². The van der Waals surface area contributed by atoms with E-state index in [0.717, 1.165) is 25.9 Å². The highest BCUT2D eigenvalue weighted by Crippen LogP contribution is 2.28. The lowest BCUT2D eigenvalue weighted by atomic mass is 9.85. The molecule has 1 rings (SSSR count). The average molecular weight is 218 g/mol. The number of likely N-dealkylation sites (tertiary alicyclic amines) is 1. The van der Waals surface area contributed by atoms with Crippen LogP contribution in [0.2, 0.25) is 0 Å². The summed E-state index contributed by atoms with van der Waals surface area (Å²) in [5.74, 6) is -2.83. The van der Waals surface area contributed by atoms with E-state index in [1.165, 1.54) is 0 Å². The Balaban J connectivity index is 2.80. The average Bonchev–Trinajstić information content (AvgIpc) is 2.66. The molecule has 0 aliphatic carbocycles. The van der Waals surface area contributed by atoms with Crippen molar-refractivity contribution < 1.29 is 15.3 Å². The quantitative estimate of drug-likeness (QED) is 0.464. The highest BCUT2D eigenvalue weighted by Gasteiger charge is 2.50. The van der Waals surface area contributed by atoms with Crippen LogP contribution < -0.4 is 5.73 Å². The molecule has 0 aromatic rings. The standard InChI is InChI=1S/C10H22N2O3/c1-3-9(11,10(13,14)15)8(2)12-6-4-5-7-12/h8,13-15H,3-7,11H2,1-2H3. The van der Waals surface area contributed by atoms with Crippen LogP contribution in [0.15, 0.2) is 0 Å². The van der Waals surface area contributed by atoms with Gasteiger partial charge in [-0.25, -0.2) is 0 Å². The van der Waals surface area contributed by atoms with Gasteiger partial charge in [0.05, 0.1) is 0 Å². The molecule has 1 saturated heterocycles. The second-order valence-corrected chi connectivity index (χ2v) is 4.45. The number of aliphatic hydroxyl groups is 3. The molecule has 2 unspecified atom stereocenters. The predicted octanol–water partition coefficient (Wildman–Crippen LogP) is -0.791. The maximum absolute atomic E-state index is 9.33. The topological polar surface area (TPSA) is 90.0 Å². The van der Waals surface area contributed by atoms with Crippen molar-refractivity contribution >= 4 is 0 Å². The molecule has 15 heavy (non-hydrogen) atoms. The van der Waals surface area contributed by atoms with Gasteiger partial charge < -0.3 is 21.1 Å². The molecule has 5 heteroatoms. The summed E-state index contributed by atoms with van der Waals surface area (Å²) >= 11 is 0. The summed E-state index contributed by atoms with van der Waals surface area (Å²) in [6, 6.07) is -0.259. The van der Waals surface area contributed by atoms with Crippen molar-refractivity contribution in [1.82, 2.24) is 4.90 Å². The van der Waals surface area contributed by atoms with Gasteiger partial charge in [0.1, 0.15) is 5.54 Å². The van der Waals surface area contributed by atoms with Crippen LogP contribution in [0, 0.1) is 0 Å². The molecule has 1 heterocycles. The smallest absolute Gasteiger partial charge is 0.296 e. The monoisotopic (exact) mass is 218 g/mol. The van der Waals surface area contributed by atoms with Crippen LogP contribution in [0.25, 0.3) is 0 Å². The molecule has 0 aromatic heterocycles. The van der Waals surface area contributed by atoms with E-state index in [9.17, 15) is 15.3 Å². The van der Waals surface area contributed by atoms with E-state index in [1.807, 2.05) is 6.92 Å². The van der Waals surface area contributed by atoms with Gasteiger partial charge in [0.15, 0.2) is 0 Å². The summed E-state index contributed by atoms with van der Waals surface area (Å²) in [4.78, 5) is 2.08. The number of hydrogen-bond acceptors (Lipinski definition) is 5. The van der Waals surface area contributed by atoms with Crippen LogP contribution >= 0.6 is 0 Å². The lowest BCUT2D eigenvalue weighted by Crippen LogP contribution is -2.69. The summed E-state index contributed by atoms with van der Waals surface area (Å²) in [5.41, 5.74) is 4.50. The molecule has 0 spiro atoms. The van der Waals surface area contributed by atoms with E-state index in [-0.39, 0.29) is 6.04 Å². The van der Waals surface area contributed by atoms with Gasteiger partial charge in [-0.1, -0.05) is 6.92 Å². The minimum Gasteiger partial charge on any atom is -0.342 e. The fourth-order valence-corrected chi connectivity index (χ4v) is 2.27. The largest absolute Gasteiger partial charge is 0.342 e. The SMILES string of the molecule is CCC(N)(C(C)N1CCCC1)C(O)(O)O. The van der Waals surface area contributed by atoms with Gasteiger partial charge in [-0.15, -0.1) is 0 Å². The Kier molecular flexibility index (Phi) is 3.73. The first-order valence-electron chi connectivity index (χ1n) is 5.53. The molecule has 2 atom stereocenters. The minimum absolute atomic E-state index is 0.259. The first-order chi connectivity index (χ1) is 6.83. The van der Waals surface area contributed by atoms with Crippen LogP contribution in [-0.2, 0) is 0 Å². The van der Waals surface area contributed by atoms with Crippen molar-refractivity contribution in [3.05, 3.63) is 0 Å². The van der Waals surface area contributed by atoms with Crippen molar-refractivity contribution in [2.45, 2.75) is 50.7 Å². The van der Waals surface area contributed by atoms with Crippen molar-refractivity contribution in [3.63, 3.8) is 0 Å². The molecule has 5 nitrogen and oxygen atoms in total. The zero-order chi connectivity index (χ0) is 11.7. The summed E-state index contributed by atoms with van der Waals surface area (Å²) in [6.07, 6.45) is 2.49. The molecule has 0 amide bonds. The summed E-state index contributed by atoms with van der Waals surface area (Å²) in [5, 5.41) is 28.0. The van der Waals surface area contributed by atoms with Gasteiger partial charge in [-0.2, -0.15) is 0 Å². The number of nitrogens with two attached hydrogens (primary N) is 1. The predicted molar refractivity (Wildman–Crippen MR) is 56.9 cm³/mol. The lowest BCUT2D eigenvalue weighted by Gasteiger charge is -2.44. The zero-order valence-electron chi connectivity index (χ0n) is 9.48. The molecule has 0 saturated carbocycles. The maximum atomic E-state index is 9.33. The molecule has 5 N–H and O–H groups in total. The van der Waals surface area contributed by atoms with E-state index in [2.05, 4.69) is 4.90 Å². The van der Waals surface area contributed by atoms with Crippen molar-refractivity contribution in [3.8, 4) is 0 Å². The van der Waals surface area contributed by atoms with Crippen LogP contribution in [0.3, 0.4) is 0 Å². The van der Waals surface area contributed by atoms with Crippen molar-refractivity contribution in [2.24, 2.45) is 5.73 Å². The highest BCUT2D eigenvalue weighted by molar-refractivity contribution is 4.99. The molecule has 1 aliphatic heterocycles. The third-order valence-corrected chi connectivity index (χ3v) is 3.64. The third kappa shape index (κ3) is 2.32. The van der Waals surface area contributed by atoms with E-state index in [1.54, 1.807) is 6.92 Å². The highest BCUT2D eigenvalue weighted by atomic mass is 16.7. The first kappa shape index (κ1) is 12.9. The first-order valence-corrected chi connectivity index (χ1v) is 5.53. The number of hydrogen-bond donors (Lipinski definition) is 4. The van der Waals surface area contributed by atoms with E-state index in [0.29, 0.717) is 6.42 Å². The lowest BCUT2D eigenvalue weighted by molar-refractivity contribution is -0.356.